The van der Waals surface area contributed by atoms with Crippen LogP contribution in [0.4, 0.5) is 0 Å². The molecule has 1 saturated carbocycles. The minimum atomic E-state index is 0. The van der Waals surface area contributed by atoms with E-state index >= 15 is 0 Å². The molecule has 24 heavy (non-hydrogen) atoms. The molecule has 7 heteroatoms. The highest BCUT2D eigenvalue weighted by Gasteiger charge is 2.34. The van der Waals surface area contributed by atoms with E-state index in [1.165, 1.54) is 65.0 Å². The second-order valence-electron chi connectivity index (χ2n) is 7.35. The fraction of sp³-hybridized carbons (Fsp3) is 0.941. The zero-order chi connectivity index (χ0) is 16.1. The van der Waals surface area contributed by atoms with Gasteiger partial charge in [0.25, 0.3) is 0 Å². The Kier molecular flexibility index (Phi) is 8.53. The zero-order valence-electron chi connectivity index (χ0n) is 15.3. The van der Waals surface area contributed by atoms with E-state index in [1.54, 1.807) is 0 Å². The van der Waals surface area contributed by atoms with E-state index in [4.69, 9.17) is 0 Å². The second kappa shape index (κ2) is 10.1. The number of rotatable bonds is 5. The van der Waals surface area contributed by atoms with Crippen LogP contribution < -0.4 is 10.6 Å². The van der Waals surface area contributed by atoms with Crippen molar-refractivity contribution in [3.05, 3.63) is 0 Å². The molecule has 0 spiro atoms. The molecule has 2 N–H and O–H groups in total. The number of likely N-dealkylation sites (tertiary alicyclic amines) is 1. The van der Waals surface area contributed by atoms with Gasteiger partial charge in [0, 0.05) is 58.4 Å². The molecule has 3 rings (SSSR count). The number of hydrogen-bond acceptors (Lipinski definition) is 4. The lowest BCUT2D eigenvalue weighted by Crippen LogP contribution is -2.47. The normalized spacial score (nSPS) is 27.6. The maximum atomic E-state index is 4.40. The summed E-state index contributed by atoms with van der Waals surface area (Å²) in [6.07, 6.45) is 5.34. The third kappa shape index (κ3) is 6.31. The molecule has 0 aromatic heterocycles. The molecule has 0 radical (unpaired) electrons. The van der Waals surface area contributed by atoms with Crippen molar-refractivity contribution in [2.45, 2.75) is 37.8 Å². The number of nitrogens with one attached hydrogen (secondary N) is 2. The molecule has 6 nitrogen and oxygen atoms in total. The fourth-order valence-electron chi connectivity index (χ4n) is 3.72. The first-order chi connectivity index (χ1) is 11.2. The molecule has 2 saturated heterocycles. The van der Waals surface area contributed by atoms with Crippen LogP contribution in [0.1, 0.15) is 25.7 Å². The van der Waals surface area contributed by atoms with Crippen LogP contribution in [0.3, 0.4) is 0 Å². The molecular weight excluding hydrogens is 415 g/mol. The lowest BCUT2D eigenvalue weighted by Gasteiger charge is -2.22. The van der Waals surface area contributed by atoms with Crippen molar-refractivity contribution in [3.8, 4) is 0 Å². The van der Waals surface area contributed by atoms with Crippen LogP contribution in [0.5, 0.6) is 0 Å². The average Bonchev–Trinajstić information content (AvgIpc) is 3.33. The SMILES string of the molecule is CN=C(NCCN1CCCN(C)CC1)NC1CCN(C2CC2)C1.I. The zero-order valence-corrected chi connectivity index (χ0v) is 17.7. The monoisotopic (exact) mass is 450 g/mol. The highest BCUT2D eigenvalue weighted by atomic mass is 127. The van der Waals surface area contributed by atoms with Crippen molar-refractivity contribution in [2.75, 3.05) is 66.5 Å². The molecule has 2 heterocycles. The summed E-state index contributed by atoms with van der Waals surface area (Å²) in [5, 5.41) is 7.11. The van der Waals surface area contributed by atoms with E-state index in [0.717, 1.165) is 25.1 Å². The molecule has 140 valence electrons. The summed E-state index contributed by atoms with van der Waals surface area (Å²) >= 11 is 0. The Hall–Kier alpha value is -0.120. The first-order valence-corrected chi connectivity index (χ1v) is 9.37. The molecular formula is C17H35IN6. The van der Waals surface area contributed by atoms with Crippen LogP contribution in [0.25, 0.3) is 0 Å². The summed E-state index contributed by atoms with van der Waals surface area (Å²) in [4.78, 5) is 12.0. The van der Waals surface area contributed by atoms with Gasteiger partial charge in [-0.3, -0.25) is 9.89 Å². The molecule has 1 aliphatic carbocycles. The van der Waals surface area contributed by atoms with Gasteiger partial charge in [0.1, 0.15) is 0 Å². The number of halogens is 1. The smallest absolute Gasteiger partial charge is 0.191 e. The maximum absolute atomic E-state index is 4.40. The van der Waals surface area contributed by atoms with Crippen LogP contribution in [-0.4, -0.2) is 99.2 Å². The number of hydrogen-bond donors (Lipinski definition) is 2. The number of aliphatic imine (C=N–C) groups is 1. The highest BCUT2D eigenvalue weighted by Crippen LogP contribution is 2.29. The first kappa shape index (κ1) is 20.2. The molecule has 3 aliphatic rings. The molecule has 0 amide bonds. The Morgan fingerprint density at radius 3 is 2.67 bits per heavy atom. The van der Waals surface area contributed by atoms with Gasteiger partial charge in [-0.1, -0.05) is 0 Å². The van der Waals surface area contributed by atoms with Gasteiger partial charge in [0.15, 0.2) is 5.96 Å². The third-order valence-electron chi connectivity index (χ3n) is 5.38. The Bertz CT molecular complexity index is 401. The van der Waals surface area contributed by atoms with Crippen molar-refractivity contribution in [1.82, 2.24) is 25.3 Å². The van der Waals surface area contributed by atoms with Crippen LogP contribution in [0.2, 0.25) is 0 Å². The Morgan fingerprint density at radius 1 is 1.08 bits per heavy atom. The summed E-state index contributed by atoms with van der Waals surface area (Å²) in [7, 11) is 4.10. The molecule has 1 unspecified atom stereocenters. The Morgan fingerprint density at radius 2 is 1.92 bits per heavy atom. The molecule has 1 atom stereocenters. The average molecular weight is 450 g/mol. The van der Waals surface area contributed by atoms with E-state index in [9.17, 15) is 0 Å². The molecule has 0 aromatic rings. The van der Waals surface area contributed by atoms with Crippen molar-refractivity contribution >= 4 is 29.9 Å². The van der Waals surface area contributed by atoms with Crippen molar-refractivity contribution < 1.29 is 0 Å². The van der Waals surface area contributed by atoms with Gasteiger partial charge >= 0.3 is 0 Å². The van der Waals surface area contributed by atoms with Gasteiger partial charge in [-0.25, -0.2) is 0 Å². The largest absolute Gasteiger partial charge is 0.355 e. The third-order valence-corrected chi connectivity index (χ3v) is 5.38. The topological polar surface area (TPSA) is 46.1 Å². The lowest BCUT2D eigenvalue weighted by atomic mass is 10.3. The molecule has 2 aliphatic heterocycles. The predicted octanol–water partition coefficient (Wildman–Crippen LogP) is 0.644. The summed E-state index contributed by atoms with van der Waals surface area (Å²) < 4.78 is 0. The number of nitrogens with zero attached hydrogens (tertiary/aromatic N) is 4. The van der Waals surface area contributed by atoms with E-state index in [-0.39, 0.29) is 24.0 Å². The van der Waals surface area contributed by atoms with Crippen molar-refractivity contribution in [2.24, 2.45) is 4.99 Å². The Labute approximate surface area is 164 Å². The quantitative estimate of drug-likeness (QED) is 0.366. The Balaban J connectivity index is 0.00000208. The van der Waals surface area contributed by atoms with Crippen LogP contribution in [-0.2, 0) is 0 Å². The van der Waals surface area contributed by atoms with E-state index in [0.29, 0.717) is 6.04 Å². The van der Waals surface area contributed by atoms with E-state index < -0.39 is 0 Å². The van der Waals surface area contributed by atoms with E-state index in [1.807, 2.05) is 7.05 Å². The fourth-order valence-corrected chi connectivity index (χ4v) is 3.72. The van der Waals surface area contributed by atoms with Crippen LogP contribution >= 0.6 is 24.0 Å². The first-order valence-electron chi connectivity index (χ1n) is 9.37. The van der Waals surface area contributed by atoms with Crippen molar-refractivity contribution in [3.63, 3.8) is 0 Å². The van der Waals surface area contributed by atoms with Gasteiger partial charge < -0.3 is 20.4 Å². The standard InChI is InChI=1S/C17H34N6.HI/c1-18-17(20-15-6-10-23(14-15)16-4-5-16)19-7-11-22-9-3-8-21(2)12-13-22;/h15-16H,3-14H2,1-2H3,(H2,18,19,20);1H. The minimum absolute atomic E-state index is 0. The number of guanidine groups is 1. The van der Waals surface area contributed by atoms with Gasteiger partial charge in [-0.2, -0.15) is 0 Å². The molecule has 0 bridgehead atoms. The van der Waals surface area contributed by atoms with E-state index in [2.05, 4.69) is 37.4 Å². The molecule has 3 fully saturated rings. The van der Waals surface area contributed by atoms with Crippen LogP contribution in [0.15, 0.2) is 4.99 Å². The van der Waals surface area contributed by atoms with Crippen molar-refractivity contribution in [1.29, 1.82) is 0 Å². The second-order valence-corrected chi connectivity index (χ2v) is 7.35. The maximum Gasteiger partial charge on any atom is 0.191 e. The van der Waals surface area contributed by atoms with Gasteiger partial charge in [0.05, 0.1) is 0 Å². The summed E-state index contributed by atoms with van der Waals surface area (Å²) in [6, 6.07) is 1.45. The minimum Gasteiger partial charge on any atom is -0.355 e. The van der Waals surface area contributed by atoms with Gasteiger partial charge in [0.2, 0.25) is 0 Å². The van der Waals surface area contributed by atoms with Crippen LogP contribution in [0, 0.1) is 0 Å². The lowest BCUT2D eigenvalue weighted by molar-refractivity contribution is 0.279. The highest BCUT2D eigenvalue weighted by molar-refractivity contribution is 14.0. The summed E-state index contributed by atoms with van der Waals surface area (Å²) in [5.74, 6) is 0.972. The molecule has 0 aromatic carbocycles. The summed E-state index contributed by atoms with van der Waals surface area (Å²) in [6.45, 7) is 9.33. The van der Waals surface area contributed by atoms with Gasteiger partial charge in [-0.05, 0) is 45.8 Å². The predicted molar refractivity (Wildman–Crippen MR) is 111 cm³/mol. The van der Waals surface area contributed by atoms with Gasteiger partial charge in [-0.15, -0.1) is 24.0 Å². The number of likely N-dealkylation sites (N-methyl/N-ethyl adjacent to an activating group) is 1. The summed E-state index contributed by atoms with van der Waals surface area (Å²) in [5.41, 5.74) is 0.